The quantitative estimate of drug-likeness (QED) is 0.744. The lowest BCUT2D eigenvalue weighted by atomic mass is 10.1. The summed E-state index contributed by atoms with van der Waals surface area (Å²) in [5, 5.41) is 3.48. The third-order valence-electron chi connectivity index (χ3n) is 5.88. The molecular formula is C23H23Cl2N3O3. The summed E-state index contributed by atoms with van der Waals surface area (Å²) in [5.74, 6) is 0.293. The van der Waals surface area contributed by atoms with Crippen molar-refractivity contribution in [1.29, 1.82) is 0 Å². The second-order valence-corrected chi connectivity index (χ2v) is 8.86. The Bertz CT molecular complexity index is 1020. The van der Waals surface area contributed by atoms with Crippen LogP contribution in [0.25, 0.3) is 0 Å². The van der Waals surface area contributed by atoms with Crippen LogP contribution in [0.3, 0.4) is 0 Å². The Morgan fingerprint density at radius 1 is 0.903 bits per heavy atom. The van der Waals surface area contributed by atoms with Crippen molar-refractivity contribution in [2.75, 3.05) is 31.5 Å². The molecule has 6 nitrogen and oxygen atoms in total. The van der Waals surface area contributed by atoms with Gasteiger partial charge in [-0.3, -0.25) is 14.4 Å². The lowest BCUT2D eigenvalue weighted by molar-refractivity contribution is -0.117. The molecule has 3 amide bonds. The van der Waals surface area contributed by atoms with E-state index >= 15 is 0 Å². The van der Waals surface area contributed by atoms with Gasteiger partial charge in [-0.25, -0.2) is 0 Å². The van der Waals surface area contributed by atoms with E-state index in [1.165, 1.54) is 0 Å². The maximum Gasteiger partial charge on any atom is 0.255 e. The summed E-state index contributed by atoms with van der Waals surface area (Å²) in [6, 6.07) is 11.9. The number of nitrogens with one attached hydrogen (secondary N) is 1. The van der Waals surface area contributed by atoms with Gasteiger partial charge in [0.1, 0.15) is 0 Å². The van der Waals surface area contributed by atoms with Gasteiger partial charge in [0, 0.05) is 43.3 Å². The molecule has 0 bridgehead atoms. The minimum atomic E-state index is -0.190. The lowest BCUT2D eigenvalue weighted by Crippen LogP contribution is -2.50. The zero-order valence-electron chi connectivity index (χ0n) is 17.1. The summed E-state index contributed by atoms with van der Waals surface area (Å²) < 4.78 is 0. The highest BCUT2D eigenvalue weighted by atomic mass is 35.5. The summed E-state index contributed by atoms with van der Waals surface area (Å²) in [6.45, 7) is 3.76. The van der Waals surface area contributed by atoms with Crippen molar-refractivity contribution in [3.63, 3.8) is 0 Å². The maximum atomic E-state index is 12.8. The van der Waals surface area contributed by atoms with E-state index in [2.05, 4.69) is 12.2 Å². The standard InChI is InChI=1S/C23H23Cl2N3O3/c1-14-13-18(14)21(29)26-16-7-5-15(6-8-16)22(30)27-9-11-28(12-10-27)23(31)17-3-2-4-19(24)20(17)25/h2-8,14,18H,9-13H2,1H3,(H,26,29). The molecule has 2 aromatic carbocycles. The van der Waals surface area contributed by atoms with Crippen LogP contribution in [0.4, 0.5) is 5.69 Å². The van der Waals surface area contributed by atoms with E-state index in [-0.39, 0.29) is 28.7 Å². The maximum absolute atomic E-state index is 12.8. The van der Waals surface area contributed by atoms with Crippen molar-refractivity contribution in [2.24, 2.45) is 11.8 Å². The second kappa shape index (κ2) is 8.89. The van der Waals surface area contributed by atoms with Crippen LogP contribution in [0.1, 0.15) is 34.1 Å². The number of rotatable bonds is 4. The summed E-state index contributed by atoms with van der Waals surface area (Å²) in [6.07, 6.45) is 0.931. The van der Waals surface area contributed by atoms with Crippen molar-refractivity contribution in [2.45, 2.75) is 13.3 Å². The molecule has 0 aromatic heterocycles. The first-order valence-corrected chi connectivity index (χ1v) is 11.0. The molecule has 1 saturated heterocycles. The molecule has 31 heavy (non-hydrogen) atoms. The molecule has 4 rings (SSSR count). The van der Waals surface area contributed by atoms with Crippen LogP contribution >= 0.6 is 23.2 Å². The molecule has 2 unspecified atom stereocenters. The van der Waals surface area contributed by atoms with E-state index in [1.807, 2.05) is 0 Å². The largest absolute Gasteiger partial charge is 0.335 e. The Hall–Kier alpha value is -2.57. The highest BCUT2D eigenvalue weighted by Crippen LogP contribution is 2.38. The number of carbonyl (C=O) groups excluding carboxylic acids is 3. The van der Waals surface area contributed by atoms with Crippen molar-refractivity contribution >= 4 is 46.6 Å². The fourth-order valence-corrected chi connectivity index (χ4v) is 4.13. The zero-order chi connectivity index (χ0) is 22.1. The molecule has 0 radical (unpaired) electrons. The van der Waals surface area contributed by atoms with Gasteiger partial charge in [-0.15, -0.1) is 0 Å². The molecule has 2 aromatic rings. The van der Waals surface area contributed by atoms with E-state index in [1.54, 1.807) is 52.3 Å². The average Bonchev–Trinajstić information content (AvgIpc) is 3.52. The first-order chi connectivity index (χ1) is 14.8. The van der Waals surface area contributed by atoms with Gasteiger partial charge in [0.25, 0.3) is 11.8 Å². The molecule has 1 saturated carbocycles. The Morgan fingerprint density at radius 3 is 2.06 bits per heavy atom. The molecule has 1 aliphatic carbocycles. The normalized spacial score (nSPS) is 20.4. The smallest absolute Gasteiger partial charge is 0.255 e. The van der Waals surface area contributed by atoms with Crippen LogP contribution in [-0.4, -0.2) is 53.7 Å². The monoisotopic (exact) mass is 459 g/mol. The summed E-state index contributed by atoms with van der Waals surface area (Å²) in [7, 11) is 0. The summed E-state index contributed by atoms with van der Waals surface area (Å²) in [4.78, 5) is 41.0. The molecule has 2 atom stereocenters. The highest BCUT2D eigenvalue weighted by molar-refractivity contribution is 6.43. The summed E-state index contributed by atoms with van der Waals surface area (Å²) >= 11 is 12.2. The van der Waals surface area contributed by atoms with Crippen molar-refractivity contribution in [1.82, 2.24) is 9.80 Å². The Kier molecular flexibility index (Phi) is 6.21. The second-order valence-electron chi connectivity index (χ2n) is 8.07. The molecule has 2 aliphatic rings. The fourth-order valence-electron chi connectivity index (χ4n) is 3.75. The third kappa shape index (κ3) is 4.70. The molecule has 0 spiro atoms. The van der Waals surface area contributed by atoms with Crippen LogP contribution in [0.2, 0.25) is 10.0 Å². The fraction of sp³-hybridized carbons (Fsp3) is 0.348. The van der Waals surface area contributed by atoms with Gasteiger partial charge in [0.2, 0.25) is 5.91 Å². The number of carbonyl (C=O) groups is 3. The molecule has 1 N–H and O–H groups in total. The topological polar surface area (TPSA) is 69.7 Å². The van der Waals surface area contributed by atoms with Crippen molar-refractivity contribution in [3.8, 4) is 0 Å². The Balaban J connectivity index is 1.33. The average molecular weight is 460 g/mol. The number of nitrogens with zero attached hydrogens (tertiary/aromatic N) is 2. The van der Waals surface area contributed by atoms with Crippen LogP contribution in [0.5, 0.6) is 0 Å². The minimum absolute atomic E-state index is 0.0344. The van der Waals surface area contributed by atoms with Crippen LogP contribution in [-0.2, 0) is 4.79 Å². The Labute approximate surface area is 191 Å². The van der Waals surface area contributed by atoms with E-state index in [0.29, 0.717) is 53.9 Å². The predicted octanol–water partition coefficient (Wildman–Crippen LogP) is 4.19. The Morgan fingerprint density at radius 2 is 1.48 bits per heavy atom. The number of halogens is 2. The van der Waals surface area contributed by atoms with Gasteiger partial charge in [0.15, 0.2) is 0 Å². The third-order valence-corrected chi connectivity index (χ3v) is 6.70. The number of benzene rings is 2. The molecule has 8 heteroatoms. The number of piperazine rings is 1. The van der Waals surface area contributed by atoms with Gasteiger partial charge in [0.05, 0.1) is 15.6 Å². The first kappa shape index (κ1) is 21.7. The van der Waals surface area contributed by atoms with E-state index in [4.69, 9.17) is 23.2 Å². The van der Waals surface area contributed by atoms with E-state index < -0.39 is 0 Å². The highest BCUT2D eigenvalue weighted by Gasteiger charge is 2.39. The SMILES string of the molecule is CC1CC1C(=O)Nc1ccc(C(=O)N2CCN(C(=O)c3cccc(Cl)c3Cl)CC2)cc1. The zero-order valence-corrected chi connectivity index (χ0v) is 18.6. The van der Waals surface area contributed by atoms with Crippen LogP contribution in [0, 0.1) is 11.8 Å². The number of hydrogen-bond acceptors (Lipinski definition) is 3. The van der Waals surface area contributed by atoms with Gasteiger partial charge < -0.3 is 15.1 Å². The molecule has 2 fully saturated rings. The van der Waals surface area contributed by atoms with E-state index in [0.717, 1.165) is 6.42 Å². The van der Waals surface area contributed by atoms with Crippen LogP contribution < -0.4 is 5.32 Å². The van der Waals surface area contributed by atoms with Gasteiger partial charge in [-0.1, -0.05) is 36.2 Å². The predicted molar refractivity (Wildman–Crippen MR) is 121 cm³/mol. The lowest BCUT2D eigenvalue weighted by Gasteiger charge is -2.35. The molecular weight excluding hydrogens is 437 g/mol. The number of anilines is 1. The summed E-state index contributed by atoms with van der Waals surface area (Å²) in [5.41, 5.74) is 1.61. The van der Waals surface area contributed by atoms with Crippen molar-refractivity contribution in [3.05, 3.63) is 63.6 Å². The number of amides is 3. The first-order valence-electron chi connectivity index (χ1n) is 10.3. The molecule has 162 valence electrons. The number of hydrogen-bond donors (Lipinski definition) is 1. The van der Waals surface area contributed by atoms with Crippen molar-refractivity contribution < 1.29 is 14.4 Å². The van der Waals surface area contributed by atoms with Gasteiger partial charge in [-0.2, -0.15) is 0 Å². The van der Waals surface area contributed by atoms with Crippen LogP contribution in [0.15, 0.2) is 42.5 Å². The molecule has 1 aliphatic heterocycles. The van der Waals surface area contributed by atoms with E-state index in [9.17, 15) is 14.4 Å². The molecule has 1 heterocycles. The van der Waals surface area contributed by atoms with Gasteiger partial charge >= 0.3 is 0 Å². The van der Waals surface area contributed by atoms with Gasteiger partial charge in [-0.05, 0) is 48.7 Å². The minimum Gasteiger partial charge on any atom is -0.335 e.